The summed E-state index contributed by atoms with van der Waals surface area (Å²) in [5, 5.41) is 4.85. The summed E-state index contributed by atoms with van der Waals surface area (Å²) in [6.07, 6.45) is 0. The minimum absolute atomic E-state index is 1.11. The van der Waals surface area contributed by atoms with E-state index < -0.39 is 0 Å². The van der Waals surface area contributed by atoms with Crippen LogP contribution in [0.1, 0.15) is 5.56 Å². The molecule has 0 atom stereocenters. The molecule has 0 aliphatic heterocycles. The summed E-state index contributed by atoms with van der Waals surface area (Å²) in [7, 11) is 0. The summed E-state index contributed by atoms with van der Waals surface area (Å²) in [6.45, 7) is 2.16. The fourth-order valence-electron chi connectivity index (χ4n) is 8.90. The second-order valence-corrected chi connectivity index (χ2v) is 15.0. The largest absolute Gasteiger partial charge is 0.309 e. The van der Waals surface area contributed by atoms with Gasteiger partial charge in [0.25, 0.3) is 0 Å². The molecule has 0 bridgehead atoms. The molecular formula is C55H39N3. The quantitative estimate of drug-likeness (QED) is 0.159. The first kappa shape index (κ1) is 33.7. The smallest absolute Gasteiger partial charge is 0.0562 e. The zero-order chi connectivity index (χ0) is 38.6. The van der Waals surface area contributed by atoms with Gasteiger partial charge in [0.2, 0.25) is 0 Å². The molecule has 11 aromatic rings. The molecule has 0 fully saturated rings. The Morgan fingerprint density at radius 2 is 0.690 bits per heavy atom. The summed E-state index contributed by atoms with van der Waals surface area (Å²) in [5.41, 5.74) is 16.4. The van der Waals surface area contributed by atoms with Crippen molar-refractivity contribution >= 4 is 60.7 Å². The molecular weight excluding hydrogens is 703 g/mol. The predicted octanol–water partition coefficient (Wildman–Crippen LogP) is 15.0. The number of fused-ring (bicyclic) bond motifs is 6. The minimum atomic E-state index is 1.11. The second kappa shape index (κ2) is 13.8. The third-order valence-corrected chi connectivity index (χ3v) is 11.6. The molecule has 0 spiro atoms. The highest BCUT2D eigenvalue weighted by Crippen LogP contribution is 2.48. The summed E-state index contributed by atoms with van der Waals surface area (Å²) in [6, 6.07) is 79.3. The van der Waals surface area contributed by atoms with Crippen molar-refractivity contribution in [1.82, 2.24) is 9.13 Å². The number of hydrogen-bond donors (Lipinski definition) is 0. The molecule has 11 rings (SSSR count). The van der Waals surface area contributed by atoms with E-state index in [0.29, 0.717) is 0 Å². The summed E-state index contributed by atoms with van der Waals surface area (Å²) in [4.78, 5) is 2.48. The third kappa shape index (κ3) is 5.51. The van der Waals surface area contributed by atoms with Crippen LogP contribution in [0.15, 0.2) is 218 Å². The Balaban J connectivity index is 1.15. The van der Waals surface area contributed by atoms with Crippen molar-refractivity contribution in [2.75, 3.05) is 4.90 Å². The fourth-order valence-corrected chi connectivity index (χ4v) is 8.90. The standard InChI is InChI=1S/C55H39N3/c1-38-26-32-43(33-27-38)58(52-24-12-22-50-54(52)46-18-8-10-20-48(46)56(50)44-34-28-41(29-35-44)39-14-4-2-5-15-39)53-25-13-23-51-55(53)47-19-9-11-21-49(47)57(51)45-36-30-42(31-37-45)40-16-6-3-7-17-40/h2-37H,1H3. The van der Waals surface area contributed by atoms with Crippen LogP contribution in [0, 0.1) is 6.92 Å². The van der Waals surface area contributed by atoms with Gasteiger partial charge in [0, 0.05) is 38.6 Å². The summed E-state index contributed by atoms with van der Waals surface area (Å²) < 4.78 is 4.84. The first-order valence-electron chi connectivity index (χ1n) is 19.9. The Kier molecular flexibility index (Phi) is 8.04. The molecule has 0 N–H and O–H groups in total. The van der Waals surface area contributed by atoms with Crippen LogP contribution in [0.2, 0.25) is 0 Å². The SMILES string of the molecule is Cc1ccc(N(c2cccc3c2c2ccccc2n3-c2ccc(-c3ccccc3)cc2)c2cccc3c2c2ccccc2n3-c2ccc(-c3ccccc3)cc2)cc1. The maximum atomic E-state index is 2.48. The zero-order valence-electron chi connectivity index (χ0n) is 32.1. The van der Waals surface area contributed by atoms with E-state index in [1.165, 1.54) is 60.4 Å². The number of anilines is 3. The highest BCUT2D eigenvalue weighted by atomic mass is 15.2. The molecule has 58 heavy (non-hydrogen) atoms. The van der Waals surface area contributed by atoms with Crippen molar-refractivity contribution in [2.45, 2.75) is 6.92 Å². The molecule has 9 aromatic carbocycles. The van der Waals surface area contributed by atoms with E-state index in [-0.39, 0.29) is 0 Å². The first-order valence-corrected chi connectivity index (χ1v) is 19.9. The molecule has 2 aromatic heterocycles. The Hall–Kier alpha value is -7.62. The summed E-state index contributed by atoms with van der Waals surface area (Å²) >= 11 is 0. The molecule has 0 saturated carbocycles. The Bertz CT molecular complexity index is 3050. The lowest BCUT2D eigenvalue weighted by atomic mass is 10.0. The van der Waals surface area contributed by atoms with Gasteiger partial charge in [-0.2, -0.15) is 0 Å². The molecule has 0 aliphatic rings. The van der Waals surface area contributed by atoms with E-state index in [1.54, 1.807) is 0 Å². The van der Waals surface area contributed by atoms with Crippen LogP contribution >= 0.6 is 0 Å². The van der Waals surface area contributed by atoms with Gasteiger partial charge in [0.05, 0.1) is 33.4 Å². The maximum Gasteiger partial charge on any atom is 0.0562 e. The number of hydrogen-bond acceptors (Lipinski definition) is 1. The lowest BCUT2D eigenvalue weighted by Crippen LogP contribution is -2.11. The average molecular weight is 742 g/mol. The van der Waals surface area contributed by atoms with Gasteiger partial charge in [-0.05, 0) is 102 Å². The molecule has 0 amide bonds. The van der Waals surface area contributed by atoms with Gasteiger partial charge in [-0.3, -0.25) is 0 Å². The molecule has 2 heterocycles. The average Bonchev–Trinajstić information content (AvgIpc) is 3.82. The highest BCUT2D eigenvalue weighted by Gasteiger charge is 2.24. The van der Waals surface area contributed by atoms with Crippen molar-refractivity contribution in [3.8, 4) is 33.6 Å². The predicted molar refractivity (Wildman–Crippen MR) is 245 cm³/mol. The van der Waals surface area contributed by atoms with Gasteiger partial charge in [0.1, 0.15) is 0 Å². The van der Waals surface area contributed by atoms with Crippen LogP contribution in [0.5, 0.6) is 0 Å². The van der Waals surface area contributed by atoms with Crippen LogP contribution < -0.4 is 4.90 Å². The van der Waals surface area contributed by atoms with Crippen LogP contribution in [0.4, 0.5) is 17.1 Å². The molecule has 274 valence electrons. The molecule has 0 unspecified atom stereocenters. The number of nitrogens with zero attached hydrogens (tertiary/aromatic N) is 3. The van der Waals surface area contributed by atoms with Gasteiger partial charge in [-0.25, -0.2) is 0 Å². The van der Waals surface area contributed by atoms with Crippen LogP contribution in [0.25, 0.3) is 77.2 Å². The van der Waals surface area contributed by atoms with Gasteiger partial charge in [-0.15, -0.1) is 0 Å². The van der Waals surface area contributed by atoms with E-state index in [1.807, 2.05) is 0 Å². The lowest BCUT2D eigenvalue weighted by molar-refractivity contribution is 1.18. The Morgan fingerprint density at radius 1 is 0.310 bits per heavy atom. The molecule has 3 heteroatoms. The topological polar surface area (TPSA) is 13.1 Å². The van der Waals surface area contributed by atoms with Crippen molar-refractivity contribution in [1.29, 1.82) is 0 Å². The molecule has 0 saturated heterocycles. The van der Waals surface area contributed by atoms with E-state index in [0.717, 1.165) is 39.5 Å². The van der Waals surface area contributed by atoms with Gasteiger partial charge in [-0.1, -0.05) is 151 Å². The van der Waals surface area contributed by atoms with Crippen LogP contribution in [0.3, 0.4) is 0 Å². The minimum Gasteiger partial charge on any atom is -0.309 e. The van der Waals surface area contributed by atoms with Crippen LogP contribution in [-0.2, 0) is 0 Å². The van der Waals surface area contributed by atoms with Gasteiger partial charge in [0.15, 0.2) is 0 Å². The molecule has 3 nitrogen and oxygen atoms in total. The van der Waals surface area contributed by atoms with Crippen molar-refractivity contribution in [2.24, 2.45) is 0 Å². The lowest BCUT2D eigenvalue weighted by Gasteiger charge is -2.27. The van der Waals surface area contributed by atoms with Crippen LogP contribution in [-0.4, -0.2) is 9.13 Å². The number of aryl methyl sites for hydroxylation is 1. The molecule has 0 radical (unpaired) electrons. The number of para-hydroxylation sites is 2. The van der Waals surface area contributed by atoms with E-state index >= 15 is 0 Å². The Morgan fingerprint density at radius 3 is 1.14 bits per heavy atom. The van der Waals surface area contributed by atoms with Crippen molar-refractivity contribution < 1.29 is 0 Å². The van der Waals surface area contributed by atoms with Gasteiger partial charge < -0.3 is 14.0 Å². The maximum absolute atomic E-state index is 2.48. The second-order valence-electron chi connectivity index (χ2n) is 15.0. The highest BCUT2D eigenvalue weighted by molar-refractivity contribution is 6.20. The van der Waals surface area contributed by atoms with Gasteiger partial charge >= 0.3 is 0 Å². The number of aromatic nitrogens is 2. The normalized spacial score (nSPS) is 11.5. The zero-order valence-corrected chi connectivity index (χ0v) is 32.1. The van der Waals surface area contributed by atoms with E-state index in [4.69, 9.17) is 0 Å². The summed E-state index contributed by atoms with van der Waals surface area (Å²) in [5.74, 6) is 0. The van der Waals surface area contributed by atoms with E-state index in [9.17, 15) is 0 Å². The monoisotopic (exact) mass is 741 g/mol. The van der Waals surface area contributed by atoms with E-state index in [2.05, 4.69) is 239 Å². The number of rotatable bonds is 7. The Labute approximate surface area is 337 Å². The third-order valence-electron chi connectivity index (χ3n) is 11.6. The fraction of sp³-hybridized carbons (Fsp3) is 0.0182. The number of benzene rings is 9. The first-order chi connectivity index (χ1) is 28.7. The van der Waals surface area contributed by atoms with Crippen molar-refractivity contribution in [3.05, 3.63) is 224 Å². The molecule has 0 aliphatic carbocycles. The van der Waals surface area contributed by atoms with Crippen molar-refractivity contribution in [3.63, 3.8) is 0 Å².